The maximum absolute atomic E-state index is 9.52. The van der Waals surface area contributed by atoms with Crippen LogP contribution in [-0.4, -0.2) is 54.4 Å². The SMILES string of the molecule is COc1nccc(N2CCN(Cc3ccc(C)o3)C(CCO)C2)c1C#N. The second-order valence-corrected chi connectivity index (χ2v) is 6.42. The molecule has 3 heterocycles. The molecule has 0 saturated carbocycles. The first-order valence-corrected chi connectivity index (χ1v) is 8.74. The van der Waals surface area contributed by atoms with E-state index in [1.165, 1.54) is 7.11 Å². The van der Waals surface area contributed by atoms with E-state index >= 15 is 0 Å². The Bertz CT molecular complexity index is 783. The smallest absolute Gasteiger partial charge is 0.233 e. The molecule has 1 atom stereocenters. The Kier molecular flexibility index (Phi) is 5.76. The van der Waals surface area contributed by atoms with Gasteiger partial charge >= 0.3 is 0 Å². The van der Waals surface area contributed by atoms with Crippen LogP contribution in [0.4, 0.5) is 5.69 Å². The zero-order chi connectivity index (χ0) is 18.5. The van der Waals surface area contributed by atoms with Gasteiger partial charge in [0.15, 0.2) is 0 Å². The van der Waals surface area contributed by atoms with Gasteiger partial charge in [-0.3, -0.25) is 4.90 Å². The summed E-state index contributed by atoms with van der Waals surface area (Å²) < 4.78 is 10.9. The number of hydrogen-bond donors (Lipinski definition) is 1. The summed E-state index contributed by atoms with van der Waals surface area (Å²) in [7, 11) is 1.52. The maximum Gasteiger partial charge on any atom is 0.233 e. The number of ether oxygens (including phenoxy) is 1. The second kappa shape index (κ2) is 8.21. The van der Waals surface area contributed by atoms with E-state index in [1.807, 2.05) is 25.1 Å². The predicted molar refractivity (Wildman–Crippen MR) is 97.1 cm³/mol. The summed E-state index contributed by atoms with van der Waals surface area (Å²) in [5.41, 5.74) is 1.28. The number of furan rings is 1. The van der Waals surface area contributed by atoms with Gasteiger partial charge in [-0.1, -0.05) is 0 Å². The number of pyridine rings is 1. The van der Waals surface area contributed by atoms with E-state index in [9.17, 15) is 10.4 Å². The Labute approximate surface area is 153 Å². The molecule has 7 heteroatoms. The van der Waals surface area contributed by atoms with Crippen molar-refractivity contribution in [3.8, 4) is 11.9 Å². The van der Waals surface area contributed by atoms with E-state index in [-0.39, 0.29) is 12.6 Å². The van der Waals surface area contributed by atoms with Crippen LogP contribution >= 0.6 is 0 Å². The minimum absolute atomic E-state index is 0.122. The van der Waals surface area contributed by atoms with Crippen LogP contribution in [0.5, 0.6) is 5.88 Å². The van der Waals surface area contributed by atoms with E-state index in [0.29, 0.717) is 17.9 Å². The predicted octanol–water partition coefficient (Wildman–Crippen LogP) is 1.94. The normalized spacial score (nSPS) is 17.9. The summed E-state index contributed by atoms with van der Waals surface area (Å²) in [5.74, 6) is 2.18. The fraction of sp³-hybridized carbons (Fsp3) is 0.474. The Morgan fingerprint density at radius 2 is 2.23 bits per heavy atom. The van der Waals surface area contributed by atoms with Gasteiger partial charge in [-0.2, -0.15) is 5.26 Å². The molecular weight excluding hydrogens is 332 g/mol. The lowest BCUT2D eigenvalue weighted by molar-refractivity contribution is 0.127. The summed E-state index contributed by atoms with van der Waals surface area (Å²) in [4.78, 5) is 8.62. The van der Waals surface area contributed by atoms with Crippen molar-refractivity contribution in [3.05, 3.63) is 41.5 Å². The monoisotopic (exact) mass is 356 g/mol. The first-order chi connectivity index (χ1) is 12.7. The average molecular weight is 356 g/mol. The number of rotatable bonds is 6. The third kappa shape index (κ3) is 3.82. The van der Waals surface area contributed by atoms with E-state index in [4.69, 9.17) is 9.15 Å². The van der Waals surface area contributed by atoms with Crippen LogP contribution in [0, 0.1) is 18.3 Å². The molecule has 1 saturated heterocycles. The van der Waals surface area contributed by atoms with E-state index in [2.05, 4.69) is 20.9 Å². The van der Waals surface area contributed by atoms with Crippen LogP contribution in [0.3, 0.4) is 0 Å². The fourth-order valence-electron chi connectivity index (χ4n) is 3.47. The molecule has 0 bridgehead atoms. The molecule has 1 aliphatic heterocycles. The van der Waals surface area contributed by atoms with Gasteiger partial charge < -0.3 is 19.2 Å². The first kappa shape index (κ1) is 18.2. The van der Waals surface area contributed by atoms with Crippen LogP contribution in [0.25, 0.3) is 0 Å². The van der Waals surface area contributed by atoms with Gasteiger partial charge in [-0.25, -0.2) is 4.98 Å². The number of aliphatic hydroxyl groups is 1. The van der Waals surface area contributed by atoms with Crippen molar-refractivity contribution in [2.45, 2.75) is 25.9 Å². The van der Waals surface area contributed by atoms with Crippen molar-refractivity contribution < 1.29 is 14.3 Å². The highest BCUT2D eigenvalue weighted by molar-refractivity contribution is 5.63. The molecule has 138 valence electrons. The largest absolute Gasteiger partial charge is 0.480 e. The number of piperazine rings is 1. The minimum atomic E-state index is 0.122. The highest BCUT2D eigenvalue weighted by atomic mass is 16.5. The summed E-state index contributed by atoms with van der Waals surface area (Å²) in [6.45, 7) is 5.10. The van der Waals surface area contributed by atoms with Gasteiger partial charge in [0.1, 0.15) is 23.2 Å². The van der Waals surface area contributed by atoms with Crippen molar-refractivity contribution in [2.75, 3.05) is 38.3 Å². The molecule has 1 fully saturated rings. The number of aliphatic hydroxyl groups excluding tert-OH is 1. The Morgan fingerprint density at radius 1 is 1.38 bits per heavy atom. The standard InChI is InChI=1S/C19H24N4O3/c1-14-3-4-16(26-14)13-22-8-9-23(12-15(22)6-10-24)18-5-7-21-19(25-2)17(18)11-20/h3-5,7,15,24H,6,8-10,12-13H2,1-2H3. The molecule has 0 amide bonds. The quantitative estimate of drug-likeness (QED) is 0.846. The summed E-state index contributed by atoms with van der Waals surface area (Å²) >= 11 is 0. The van der Waals surface area contributed by atoms with Gasteiger partial charge in [-0.05, 0) is 31.5 Å². The molecule has 1 unspecified atom stereocenters. The van der Waals surface area contributed by atoms with E-state index < -0.39 is 0 Å². The maximum atomic E-state index is 9.52. The third-order valence-corrected chi connectivity index (χ3v) is 4.76. The number of nitrogens with zero attached hydrogens (tertiary/aromatic N) is 4. The van der Waals surface area contributed by atoms with Crippen molar-refractivity contribution >= 4 is 5.69 Å². The van der Waals surface area contributed by atoms with Crippen molar-refractivity contribution in [1.29, 1.82) is 5.26 Å². The molecule has 1 N–H and O–H groups in total. The molecule has 0 aliphatic carbocycles. The van der Waals surface area contributed by atoms with Gasteiger partial charge in [0.25, 0.3) is 0 Å². The Morgan fingerprint density at radius 3 is 2.88 bits per heavy atom. The van der Waals surface area contributed by atoms with Gasteiger partial charge in [0.2, 0.25) is 5.88 Å². The van der Waals surface area contributed by atoms with Gasteiger partial charge in [0.05, 0.1) is 19.3 Å². The number of nitriles is 1. The highest BCUT2D eigenvalue weighted by Gasteiger charge is 2.29. The molecule has 2 aromatic rings. The zero-order valence-electron chi connectivity index (χ0n) is 15.2. The second-order valence-electron chi connectivity index (χ2n) is 6.42. The summed E-state index contributed by atoms with van der Waals surface area (Å²) in [6, 6.07) is 8.19. The van der Waals surface area contributed by atoms with Crippen LogP contribution in [0.2, 0.25) is 0 Å². The summed E-state index contributed by atoms with van der Waals surface area (Å²) in [5, 5.41) is 19.0. The molecule has 2 aromatic heterocycles. The number of aromatic nitrogens is 1. The van der Waals surface area contributed by atoms with Crippen molar-refractivity contribution in [1.82, 2.24) is 9.88 Å². The Balaban J connectivity index is 1.78. The van der Waals surface area contributed by atoms with Crippen molar-refractivity contribution in [3.63, 3.8) is 0 Å². The lowest BCUT2D eigenvalue weighted by Gasteiger charge is -2.42. The zero-order valence-corrected chi connectivity index (χ0v) is 15.2. The van der Waals surface area contributed by atoms with E-state index in [0.717, 1.165) is 43.4 Å². The number of methoxy groups -OCH3 is 1. The number of hydrogen-bond acceptors (Lipinski definition) is 7. The van der Waals surface area contributed by atoms with Crippen molar-refractivity contribution in [2.24, 2.45) is 0 Å². The number of anilines is 1. The van der Waals surface area contributed by atoms with Crippen LogP contribution in [0.15, 0.2) is 28.8 Å². The highest BCUT2D eigenvalue weighted by Crippen LogP contribution is 2.29. The number of aryl methyl sites for hydroxylation is 1. The van der Waals surface area contributed by atoms with E-state index in [1.54, 1.807) is 6.20 Å². The lowest BCUT2D eigenvalue weighted by atomic mass is 10.1. The van der Waals surface area contributed by atoms with Crippen LogP contribution in [-0.2, 0) is 6.54 Å². The van der Waals surface area contributed by atoms with Gasteiger partial charge in [0, 0.05) is 38.5 Å². The molecular formula is C19H24N4O3. The summed E-state index contributed by atoms with van der Waals surface area (Å²) in [6.07, 6.45) is 2.33. The molecule has 7 nitrogen and oxygen atoms in total. The molecule has 26 heavy (non-hydrogen) atoms. The average Bonchev–Trinajstić information content (AvgIpc) is 3.07. The topological polar surface area (TPSA) is 85.8 Å². The fourth-order valence-corrected chi connectivity index (χ4v) is 3.47. The molecule has 0 aromatic carbocycles. The van der Waals surface area contributed by atoms with Gasteiger partial charge in [-0.15, -0.1) is 0 Å². The van der Waals surface area contributed by atoms with Crippen LogP contribution in [0.1, 0.15) is 23.5 Å². The lowest BCUT2D eigenvalue weighted by Crippen LogP contribution is -2.53. The first-order valence-electron chi connectivity index (χ1n) is 8.74. The Hall–Kier alpha value is -2.56. The third-order valence-electron chi connectivity index (χ3n) is 4.76. The molecule has 0 radical (unpaired) electrons. The molecule has 0 spiro atoms. The van der Waals surface area contributed by atoms with Crippen LogP contribution < -0.4 is 9.64 Å². The molecule has 3 rings (SSSR count). The minimum Gasteiger partial charge on any atom is -0.480 e. The molecule has 1 aliphatic rings.